The van der Waals surface area contributed by atoms with Crippen molar-refractivity contribution in [1.82, 2.24) is 0 Å². The zero-order valence-corrected chi connectivity index (χ0v) is 6.03. The van der Waals surface area contributed by atoms with Crippen LogP contribution in [0.1, 0.15) is 12.8 Å². The van der Waals surface area contributed by atoms with Crippen LogP contribution in [0.3, 0.4) is 0 Å². The van der Waals surface area contributed by atoms with E-state index in [0.29, 0.717) is 6.42 Å². The molecule has 3 rings (SSSR count). The zero-order chi connectivity index (χ0) is 7.69. The van der Waals surface area contributed by atoms with E-state index >= 15 is 0 Å². The predicted octanol–water partition coefficient (Wildman–Crippen LogP) is -0.215. The first kappa shape index (κ1) is 6.03. The third-order valence-corrected chi connectivity index (χ3v) is 3.17. The van der Waals surface area contributed by atoms with Gasteiger partial charge in [-0.05, 0) is 24.8 Å². The first-order chi connectivity index (χ1) is 5.15. The average Bonchev–Trinajstić information content (AvgIpc) is 2.37. The van der Waals surface area contributed by atoms with E-state index in [2.05, 4.69) is 0 Å². The third kappa shape index (κ3) is 0.500. The van der Waals surface area contributed by atoms with Crippen LogP contribution in [0.25, 0.3) is 0 Å². The van der Waals surface area contributed by atoms with Gasteiger partial charge in [0.2, 0.25) is 0 Å². The van der Waals surface area contributed by atoms with Crippen LogP contribution in [-0.4, -0.2) is 27.5 Å². The summed E-state index contributed by atoms with van der Waals surface area (Å²) in [5, 5.41) is 19.6. The minimum Gasteiger partial charge on any atom is -0.492 e. The van der Waals surface area contributed by atoms with Crippen LogP contribution < -0.4 is 0 Å². The highest BCUT2D eigenvalue weighted by atomic mass is 16.5. The van der Waals surface area contributed by atoms with Crippen molar-refractivity contribution < 1.29 is 14.9 Å². The molecule has 0 bridgehead atoms. The maximum absolute atomic E-state index is 9.83. The molecular formula is C8H10O3. The van der Waals surface area contributed by atoms with Crippen LogP contribution in [0, 0.1) is 5.92 Å². The van der Waals surface area contributed by atoms with Gasteiger partial charge in [-0.25, -0.2) is 0 Å². The molecule has 4 atom stereocenters. The van der Waals surface area contributed by atoms with Gasteiger partial charge >= 0.3 is 0 Å². The molecule has 2 saturated carbocycles. The van der Waals surface area contributed by atoms with Crippen LogP contribution in [0.15, 0.2) is 12.3 Å². The summed E-state index contributed by atoms with van der Waals surface area (Å²) in [7, 11) is 0. The predicted molar refractivity (Wildman–Crippen MR) is 36.6 cm³/mol. The summed E-state index contributed by atoms with van der Waals surface area (Å²) in [6.07, 6.45) is 4.21. The second-order valence-corrected chi connectivity index (χ2v) is 3.91. The van der Waals surface area contributed by atoms with Gasteiger partial charge in [-0.1, -0.05) is 0 Å². The summed E-state index contributed by atoms with van der Waals surface area (Å²) in [5.74, 6) is 0.266. The molecule has 0 aromatic carbocycles. The Balaban J connectivity index is 2.04. The van der Waals surface area contributed by atoms with Gasteiger partial charge < -0.3 is 14.9 Å². The molecule has 3 heteroatoms. The van der Waals surface area contributed by atoms with Gasteiger partial charge in [0.05, 0.1) is 6.26 Å². The number of rotatable bonds is 0. The van der Waals surface area contributed by atoms with Crippen molar-refractivity contribution >= 4 is 0 Å². The fourth-order valence-corrected chi connectivity index (χ4v) is 2.47. The van der Waals surface area contributed by atoms with Gasteiger partial charge in [-0.3, -0.25) is 0 Å². The Bertz CT molecular complexity index is 250. The smallest absolute Gasteiger partial charge is 0.159 e. The molecule has 0 unspecified atom stereocenters. The molecule has 3 nitrogen and oxygen atoms in total. The summed E-state index contributed by atoms with van der Waals surface area (Å²) >= 11 is 0. The van der Waals surface area contributed by atoms with Crippen molar-refractivity contribution in [3.63, 3.8) is 0 Å². The Kier molecular flexibility index (Phi) is 0.736. The van der Waals surface area contributed by atoms with Crippen molar-refractivity contribution in [2.75, 3.05) is 0 Å². The normalized spacial score (nSPS) is 63.8. The van der Waals surface area contributed by atoms with Gasteiger partial charge in [0, 0.05) is 0 Å². The zero-order valence-electron chi connectivity index (χ0n) is 6.03. The molecule has 2 aliphatic carbocycles. The molecule has 0 aromatic heterocycles. The van der Waals surface area contributed by atoms with E-state index in [1.165, 1.54) is 6.26 Å². The first-order valence-corrected chi connectivity index (χ1v) is 3.93. The van der Waals surface area contributed by atoms with Crippen LogP contribution in [0.2, 0.25) is 0 Å². The highest BCUT2D eigenvalue weighted by Crippen LogP contribution is 2.62. The lowest BCUT2D eigenvalue weighted by Gasteiger charge is -2.24. The van der Waals surface area contributed by atoms with E-state index in [0.717, 1.165) is 6.42 Å². The Morgan fingerprint density at radius 2 is 2.18 bits per heavy atom. The third-order valence-electron chi connectivity index (χ3n) is 3.17. The lowest BCUT2D eigenvalue weighted by molar-refractivity contribution is -0.0707. The highest BCUT2D eigenvalue weighted by molar-refractivity contribution is 5.30. The monoisotopic (exact) mass is 154 g/mol. The van der Waals surface area contributed by atoms with E-state index in [4.69, 9.17) is 4.74 Å². The second-order valence-electron chi connectivity index (χ2n) is 3.91. The SMILES string of the molecule is O[C@]12C[C@H]1C[C@]1(O)C=CO[C@H]21. The van der Waals surface area contributed by atoms with Crippen molar-refractivity contribution in [2.45, 2.75) is 30.1 Å². The van der Waals surface area contributed by atoms with E-state index in [1.807, 2.05) is 0 Å². The van der Waals surface area contributed by atoms with Gasteiger partial charge in [-0.15, -0.1) is 0 Å². The Morgan fingerprint density at radius 3 is 2.91 bits per heavy atom. The Labute approximate surface area is 64.3 Å². The van der Waals surface area contributed by atoms with Crippen LogP contribution in [0.5, 0.6) is 0 Å². The average molecular weight is 154 g/mol. The number of aliphatic hydroxyl groups is 2. The fourth-order valence-electron chi connectivity index (χ4n) is 2.47. The maximum atomic E-state index is 9.83. The topological polar surface area (TPSA) is 49.7 Å². The van der Waals surface area contributed by atoms with Crippen molar-refractivity contribution in [1.29, 1.82) is 0 Å². The molecule has 2 fully saturated rings. The molecule has 60 valence electrons. The minimum absolute atomic E-state index is 0.266. The standard InChI is InChI=1S/C8H10O3/c9-7-1-2-11-6(7)8(10)4-5(8)3-7/h1-2,5-6,9-10H,3-4H2/t5-,6+,7-,8-/m1/s1. The number of fused-ring (bicyclic) bond motifs is 3. The quantitative estimate of drug-likeness (QED) is 0.507. The summed E-state index contributed by atoms with van der Waals surface area (Å²) in [4.78, 5) is 0. The van der Waals surface area contributed by atoms with Crippen LogP contribution in [-0.2, 0) is 4.74 Å². The molecule has 1 heterocycles. The fraction of sp³-hybridized carbons (Fsp3) is 0.750. The van der Waals surface area contributed by atoms with Gasteiger partial charge in [-0.2, -0.15) is 0 Å². The Hall–Kier alpha value is -0.540. The molecule has 1 aliphatic heterocycles. The molecule has 0 saturated heterocycles. The molecule has 0 spiro atoms. The number of hydrogen-bond donors (Lipinski definition) is 2. The Morgan fingerprint density at radius 1 is 1.36 bits per heavy atom. The van der Waals surface area contributed by atoms with Gasteiger partial charge in [0.1, 0.15) is 11.2 Å². The lowest BCUT2D eigenvalue weighted by Crippen LogP contribution is -2.42. The first-order valence-electron chi connectivity index (χ1n) is 3.93. The van der Waals surface area contributed by atoms with Crippen LogP contribution in [0.4, 0.5) is 0 Å². The molecule has 3 aliphatic rings. The largest absolute Gasteiger partial charge is 0.492 e. The minimum atomic E-state index is -0.863. The summed E-state index contributed by atoms with van der Waals surface area (Å²) < 4.78 is 5.16. The summed E-state index contributed by atoms with van der Waals surface area (Å²) in [5.41, 5.74) is -1.57. The van der Waals surface area contributed by atoms with E-state index in [9.17, 15) is 10.2 Å². The molecular weight excluding hydrogens is 144 g/mol. The van der Waals surface area contributed by atoms with Crippen LogP contribution >= 0.6 is 0 Å². The van der Waals surface area contributed by atoms with Crippen molar-refractivity contribution in [3.05, 3.63) is 12.3 Å². The maximum Gasteiger partial charge on any atom is 0.159 e. The molecule has 2 N–H and O–H groups in total. The van der Waals surface area contributed by atoms with Crippen molar-refractivity contribution in [3.8, 4) is 0 Å². The molecule has 11 heavy (non-hydrogen) atoms. The molecule has 0 amide bonds. The summed E-state index contributed by atoms with van der Waals surface area (Å²) in [6.45, 7) is 0. The molecule has 0 radical (unpaired) electrons. The van der Waals surface area contributed by atoms with Gasteiger partial charge in [0.25, 0.3) is 0 Å². The van der Waals surface area contributed by atoms with E-state index in [1.54, 1.807) is 6.08 Å². The second kappa shape index (κ2) is 1.34. The number of hydrogen-bond acceptors (Lipinski definition) is 3. The number of ether oxygens (including phenoxy) is 1. The lowest BCUT2D eigenvalue weighted by atomic mass is 9.96. The van der Waals surface area contributed by atoms with E-state index < -0.39 is 11.2 Å². The molecule has 0 aromatic rings. The summed E-state index contributed by atoms with van der Waals surface area (Å²) in [6, 6.07) is 0. The highest BCUT2D eigenvalue weighted by Gasteiger charge is 2.73. The van der Waals surface area contributed by atoms with Crippen molar-refractivity contribution in [2.24, 2.45) is 5.92 Å². The van der Waals surface area contributed by atoms with Gasteiger partial charge in [0.15, 0.2) is 6.10 Å². The van der Waals surface area contributed by atoms with E-state index in [-0.39, 0.29) is 12.0 Å².